The Hall–Kier alpha value is -0.710. The molecule has 0 atom stereocenters. The lowest BCUT2D eigenvalue weighted by atomic mass is 10.1. The van der Waals surface area contributed by atoms with E-state index in [0.29, 0.717) is 0 Å². The van der Waals surface area contributed by atoms with Crippen LogP contribution in [-0.2, 0) is 0 Å². The minimum atomic E-state index is 0.927. The predicted molar refractivity (Wildman–Crippen MR) is 30.5 cm³/mol. The summed E-state index contributed by atoms with van der Waals surface area (Å²) in [4.78, 5) is 1.70. The van der Waals surface area contributed by atoms with Crippen LogP contribution in [0.25, 0.3) is 0 Å². The molecule has 43 valence electrons. The summed E-state index contributed by atoms with van der Waals surface area (Å²) in [5, 5.41) is 8.34. The highest BCUT2D eigenvalue weighted by molar-refractivity contribution is 4.84. The van der Waals surface area contributed by atoms with Gasteiger partial charge in [-0.2, -0.15) is 5.26 Å². The van der Waals surface area contributed by atoms with Crippen molar-refractivity contribution in [2.75, 3.05) is 6.54 Å². The molecule has 1 radical (unpaired) electrons. The quantitative estimate of drug-likeness (QED) is 0.436. The van der Waals surface area contributed by atoms with Gasteiger partial charge in [-0.15, -0.1) is 0 Å². The van der Waals surface area contributed by atoms with Crippen molar-refractivity contribution in [1.29, 1.82) is 5.26 Å². The van der Waals surface area contributed by atoms with Crippen LogP contribution in [0.2, 0.25) is 0 Å². The molecule has 0 bridgehead atoms. The molecular weight excluding hydrogens is 100 g/mol. The predicted octanol–water partition coefficient (Wildman–Crippen LogP) is 1.12. The number of likely N-dealkylation sites (tertiary alicyclic amines) is 1. The van der Waals surface area contributed by atoms with E-state index in [1.807, 2.05) is 6.54 Å². The van der Waals surface area contributed by atoms with Gasteiger partial charge in [0.1, 0.15) is 0 Å². The number of nitriles is 1. The van der Waals surface area contributed by atoms with E-state index >= 15 is 0 Å². The lowest BCUT2D eigenvalue weighted by Crippen LogP contribution is -2.19. The van der Waals surface area contributed by atoms with Crippen molar-refractivity contribution < 1.29 is 0 Å². The molecule has 1 heterocycles. The van der Waals surface area contributed by atoms with Gasteiger partial charge in [0.25, 0.3) is 0 Å². The van der Waals surface area contributed by atoms with Crippen LogP contribution in [0.15, 0.2) is 0 Å². The first kappa shape index (κ1) is 5.43. The average Bonchev–Trinajstić information content (AvgIpc) is 1.90. The Kier molecular flexibility index (Phi) is 1.74. The molecule has 0 spiro atoms. The molecule has 0 amide bonds. The number of hydrogen-bond acceptors (Lipinski definition) is 2. The molecule has 2 heteroatoms. The van der Waals surface area contributed by atoms with Crippen LogP contribution in [0, 0.1) is 18.0 Å². The number of hydrogen-bond donors (Lipinski definition) is 0. The van der Waals surface area contributed by atoms with Crippen LogP contribution >= 0.6 is 0 Å². The Morgan fingerprint density at radius 2 is 2.38 bits per heavy atom. The normalized spacial score (nSPS) is 20.1. The molecule has 1 aliphatic rings. The third-order valence-electron chi connectivity index (χ3n) is 1.33. The van der Waals surface area contributed by atoms with Gasteiger partial charge in [-0.05, 0) is 19.3 Å². The first-order valence-electron chi connectivity index (χ1n) is 2.93. The fraction of sp³-hybridized carbons (Fsp3) is 0.667. The molecule has 1 saturated heterocycles. The molecule has 1 rings (SSSR count). The third-order valence-corrected chi connectivity index (χ3v) is 1.33. The van der Waals surface area contributed by atoms with E-state index < -0.39 is 0 Å². The van der Waals surface area contributed by atoms with Crippen molar-refractivity contribution in [2.24, 2.45) is 0 Å². The highest BCUT2D eigenvalue weighted by atomic mass is 15.1. The molecule has 0 aromatic rings. The zero-order valence-electron chi connectivity index (χ0n) is 4.80. The van der Waals surface area contributed by atoms with Gasteiger partial charge >= 0.3 is 0 Å². The van der Waals surface area contributed by atoms with Crippen LogP contribution in [0.1, 0.15) is 19.3 Å². The maximum atomic E-state index is 8.34. The van der Waals surface area contributed by atoms with Gasteiger partial charge in [-0.1, -0.05) is 0 Å². The second-order valence-corrected chi connectivity index (χ2v) is 1.97. The molecule has 2 nitrogen and oxygen atoms in total. The van der Waals surface area contributed by atoms with Gasteiger partial charge < -0.3 is 4.90 Å². The molecule has 1 aliphatic heterocycles. The molecule has 0 saturated carbocycles. The van der Waals surface area contributed by atoms with Crippen LogP contribution in [-0.4, -0.2) is 11.4 Å². The van der Waals surface area contributed by atoms with E-state index in [4.69, 9.17) is 5.26 Å². The molecule has 0 aromatic carbocycles. The summed E-state index contributed by atoms with van der Waals surface area (Å²) in [6.07, 6.45) is 5.58. The van der Waals surface area contributed by atoms with Crippen molar-refractivity contribution in [1.82, 2.24) is 4.90 Å². The maximum Gasteiger partial charge on any atom is 0.179 e. The SMILES string of the molecule is N#CN1[CH]CCCC1. The minimum absolute atomic E-state index is 0.927. The smallest absolute Gasteiger partial charge is 0.179 e. The van der Waals surface area contributed by atoms with Crippen LogP contribution in [0.4, 0.5) is 0 Å². The lowest BCUT2D eigenvalue weighted by Gasteiger charge is -2.18. The Bertz CT molecular complexity index is 97.6. The first-order valence-corrected chi connectivity index (χ1v) is 2.93. The van der Waals surface area contributed by atoms with Gasteiger partial charge in [0.05, 0.1) is 6.54 Å². The summed E-state index contributed by atoms with van der Waals surface area (Å²) in [6, 6.07) is 0. The van der Waals surface area contributed by atoms with E-state index in [9.17, 15) is 0 Å². The zero-order valence-corrected chi connectivity index (χ0v) is 4.80. The maximum absolute atomic E-state index is 8.34. The van der Waals surface area contributed by atoms with Gasteiger partial charge in [0.2, 0.25) is 0 Å². The molecule has 0 aromatic heterocycles. The number of rotatable bonds is 0. The van der Waals surface area contributed by atoms with Crippen molar-refractivity contribution in [3.63, 3.8) is 0 Å². The van der Waals surface area contributed by atoms with Gasteiger partial charge in [0.15, 0.2) is 6.19 Å². The van der Waals surface area contributed by atoms with Gasteiger partial charge in [-0.3, -0.25) is 0 Å². The summed E-state index contributed by atoms with van der Waals surface area (Å²) in [7, 11) is 0. The molecular formula is C6H9N2. The number of nitrogens with zero attached hydrogens (tertiary/aromatic N) is 2. The number of piperidine rings is 1. The lowest BCUT2D eigenvalue weighted by molar-refractivity contribution is 0.383. The molecule has 0 N–H and O–H groups in total. The minimum Gasteiger partial charge on any atom is -0.305 e. The molecule has 0 aliphatic carbocycles. The fourth-order valence-corrected chi connectivity index (χ4v) is 0.856. The summed E-state index contributed by atoms with van der Waals surface area (Å²) >= 11 is 0. The Labute approximate surface area is 49.7 Å². The zero-order chi connectivity index (χ0) is 5.82. The first-order chi connectivity index (χ1) is 3.93. The van der Waals surface area contributed by atoms with E-state index in [1.165, 1.54) is 12.8 Å². The van der Waals surface area contributed by atoms with Crippen LogP contribution < -0.4 is 0 Å². The highest BCUT2D eigenvalue weighted by Gasteiger charge is 2.06. The van der Waals surface area contributed by atoms with E-state index in [2.05, 4.69) is 6.19 Å². The summed E-state index contributed by atoms with van der Waals surface area (Å²) in [5.41, 5.74) is 0. The summed E-state index contributed by atoms with van der Waals surface area (Å²) in [5.74, 6) is 0. The summed E-state index contributed by atoms with van der Waals surface area (Å²) < 4.78 is 0. The Morgan fingerprint density at radius 1 is 1.50 bits per heavy atom. The molecule has 0 unspecified atom stereocenters. The highest BCUT2D eigenvalue weighted by Crippen LogP contribution is 2.10. The largest absolute Gasteiger partial charge is 0.305 e. The van der Waals surface area contributed by atoms with Gasteiger partial charge in [-0.25, -0.2) is 0 Å². The second-order valence-electron chi connectivity index (χ2n) is 1.97. The van der Waals surface area contributed by atoms with Crippen molar-refractivity contribution in [3.8, 4) is 6.19 Å². The van der Waals surface area contributed by atoms with Gasteiger partial charge in [0, 0.05) is 6.54 Å². The molecule has 8 heavy (non-hydrogen) atoms. The van der Waals surface area contributed by atoms with Crippen LogP contribution in [0.5, 0.6) is 0 Å². The standard InChI is InChI=1S/C6H9N2/c7-6-8-4-2-1-3-5-8/h4H,1-3,5H2. The second kappa shape index (κ2) is 2.56. The average molecular weight is 109 g/mol. The Morgan fingerprint density at radius 3 is 2.75 bits per heavy atom. The topological polar surface area (TPSA) is 27.0 Å². The van der Waals surface area contributed by atoms with Crippen molar-refractivity contribution in [2.45, 2.75) is 19.3 Å². The monoisotopic (exact) mass is 109 g/mol. The van der Waals surface area contributed by atoms with E-state index in [-0.39, 0.29) is 0 Å². The fourth-order valence-electron chi connectivity index (χ4n) is 0.856. The van der Waals surface area contributed by atoms with Crippen molar-refractivity contribution in [3.05, 3.63) is 6.54 Å². The van der Waals surface area contributed by atoms with E-state index in [1.54, 1.807) is 4.90 Å². The third kappa shape index (κ3) is 1.13. The van der Waals surface area contributed by atoms with Crippen molar-refractivity contribution >= 4 is 0 Å². The van der Waals surface area contributed by atoms with Crippen LogP contribution in [0.3, 0.4) is 0 Å². The molecule has 1 fully saturated rings. The Balaban J connectivity index is 2.25. The summed E-state index contributed by atoms with van der Waals surface area (Å²) in [6.45, 7) is 2.89. The van der Waals surface area contributed by atoms with E-state index in [0.717, 1.165) is 13.0 Å².